The summed E-state index contributed by atoms with van der Waals surface area (Å²) in [7, 11) is 0. The Morgan fingerprint density at radius 1 is 0.900 bits per heavy atom. The fourth-order valence-electron chi connectivity index (χ4n) is 10.4. The van der Waals surface area contributed by atoms with Crippen LogP contribution in [-0.4, -0.2) is 25.4 Å². The van der Waals surface area contributed by atoms with Crippen LogP contribution in [0, 0.1) is 52.3 Å². The van der Waals surface area contributed by atoms with Gasteiger partial charge in [-0.1, -0.05) is 72.1 Å². The fraction of sp³-hybridized carbons (Fsp3) is 0.806. The predicted molar refractivity (Wildman–Crippen MR) is 164 cm³/mol. The lowest BCUT2D eigenvalue weighted by Gasteiger charge is -2.61. The summed E-state index contributed by atoms with van der Waals surface area (Å²) in [5.41, 5.74) is 1.81. The molecule has 0 heterocycles. The van der Waals surface area contributed by atoms with Crippen molar-refractivity contribution in [2.45, 2.75) is 118 Å². The van der Waals surface area contributed by atoms with Crippen molar-refractivity contribution in [3.8, 4) is 0 Å². The summed E-state index contributed by atoms with van der Waals surface area (Å²) in [6.45, 7) is 13.5. The Balaban J connectivity index is 1.10. The number of anilines is 1. The number of amides is 1. The van der Waals surface area contributed by atoms with Crippen LogP contribution in [0.1, 0.15) is 112 Å². The summed E-state index contributed by atoms with van der Waals surface area (Å²) < 4.78 is 11.6. The van der Waals surface area contributed by atoms with Crippen LogP contribution in [0.3, 0.4) is 0 Å². The van der Waals surface area contributed by atoms with Crippen molar-refractivity contribution in [3.63, 3.8) is 0 Å². The van der Waals surface area contributed by atoms with Gasteiger partial charge in [-0.2, -0.15) is 0 Å². The Labute approximate surface area is 244 Å². The first kappa shape index (κ1) is 29.9. The van der Waals surface area contributed by atoms with Gasteiger partial charge in [0, 0.05) is 5.69 Å². The van der Waals surface area contributed by atoms with Crippen LogP contribution < -0.4 is 5.32 Å². The van der Waals surface area contributed by atoms with Gasteiger partial charge in [0.05, 0.1) is 12.7 Å². The second kappa shape index (κ2) is 12.8. The van der Waals surface area contributed by atoms with E-state index in [2.05, 4.69) is 39.9 Å². The Hall–Kier alpha value is -1.55. The molecule has 1 aromatic carbocycles. The van der Waals surface area contributed by atoms with Crippen LogP contribution in [-0.2, 0) is 9.47 Å². The lowest BCUT2D eigenvalue weighted by molar-refractivity contribution is -0.138. The van der Waals surface area contributed by atoms with Crippen LogP contribution in [0.25, 0.3) is 0 Å². The van der Waals surface area contributed by atoms with E-state index < -0.39 is 6.09 Å². The number of carbonyl (C=O) groups is 1. The van der Waals surface area contributed by atoms with Crippen molar-refractivity contribution in [2.24, 2.45) is 52.3 Å². The van der Waals surface area contributed by atoms with Gasteiger partial charge in [-0.3, -0.25) is 5.32 Å². The quantitative estimate of drug-likeness (QED) is 0.294. The van der Waals surface area contributed by atoms with Crippen LogP contribution >= 0.6 is 0 Å². The number of ether oxygens (including phenoxy) is 2. The molecule has 0 saturated heterocycles. The molecule has 4 fully saturated rings. The van der Waals surface area contributed by atoms with Crippen LogP contribution in [0.5, 0.6) is 0 Å². The summed E-state index contributed by atoms with van der Waals surface area (Å²) in [6, 6.07) is 9.45. The number of benzene rings is 1. The number of rotatable bonds is 10. The number of carbonyl (C=O) groups excluding carboxylic acids is 1. The van der Waals surface area contributed by atoms with Gasteiger partial charge in [0.1, 0.15) is 6.61 Å². The van der Waals surface area contributed by atoms with Crippen LogP contribution in [0.4, 0.5) is 10.5 Å². The topological polar surface area (TPSA) is 47.6 Å². The van der Waals surface area contributed by atoms with E-state index in [9.17, 15) is 4.79 Å². The predicted octanol–water partition coefficient (Wildman–Crippen LogP) is 9.74. The summed E-state index contributed by atoms with van der Waals surface area (Å²) in [4.78, 5) is 12.1. The van der Waals surface area contributed by atoms with E-state index in [1.807, 2.05) is 30.3 Å². The third kappa shape index (κ3) is 6.27. The van der Waals surface area contributed by atoms with E-state index in [4.69, 9.17) is 9.47 Å². The maximum Gasteiger partial charge on any atom is 0.411 e. The number of hydrogen-bond acceptors (Lipinski definition) is 3. The zero-order chi connectivity index (χ0) is 28.3. The van der Waals surface area contributed by atoms with Crippen LogP contribution in [0.15, 0.2) is 30.3 Å². The maximum atomic E-state index is 12.1. The number of fused-ring (bicyclic) bond motifs is 5. The molecule has 4 aliphatic carbocycles. The second-order valence-corrected chi connectivity index (χ2v) is 15.1. The molecule has 0 spiro atoms. The van der Waals surface area contributed by atoms with Gasteiger partial charge in [-0.25, -0.2) is 4.79 Å². The van der Waals surface area contributed by atoms with Gasteiger partial charge < -0.3 is 9.47 Å². The molecule has 9 atom stereocenters. The Morgan fingerprint density at radius 3 is 2.42 bits per heavy atom. The number of hydrogen-bond donors (Lipinski definition) is 1. The number of para-hydroxylation sites is 1. The first-order valence-electron chi connectivity index (χ1n) is 16.8. The molecule has 0 aromatic heterocycles. The van der Waals surface area contributed by atoms with Crippen molar-refractivity contribution < 1.29 is 14.3 Å². The summed E-state index contributed by atoms with van der Waals surface area (Å²) in [5, 5.41) is 2.77. The normalized spacial score (nSPS) is 37.8. The van der Waals surface area contributed by atoms with Crippen LogP contribution in [0.2, 0.25) is 0 Å². The molecule has 224 valence electrons. The molecule has 1 aromatic rings. The van der Waals surface area contributed by atoms with E-state index in [1.54, 1.807) is 0 Å². The monoisotopic (exact) mass is 551 g/mol. The lowest BCUT2D eigenvalue weighted by Crippen LogP contribution is -2.54. The molecular formula is C36H57NO3. The van der Waals surface area contributed by atoms with Gasteiger partial charge in [-0.15, -0.1) is 0 Å². The van der Waals surface area contributed by atoms with Crippen molar-refractivity contribution >= 4 is 11.8 Å². The first-order chi connectivity index (χ1) is 19.2. The van der Waals surface area contributed by atoms with Crippen molar-refractivity contribution in [2.75, 3.05) is 18.5 Å². The Kier molecular flexibility index (Phi) is 9.54. The molecule has 1 N–H and O–H groups in total. The van der Waals surface area contributed by atoms with Crippen molar-refractivity contribution in [1.29, 1.82) is 0 Å². The Bertz CT molecular complexity index is 964. The second-order valence-electron chi connectivity index (χ2n) is 15.1. The molecule has 0 radical (unpaired) electrons. The molecule has 0 bridgehead atoms. The smallest absolute Gasteiger partial charge is 0.411 e. The van der Waals surface area contributed by atoms with E-state index in [-0.39, 0.29) is 0 Å². The molecule has 1 amide bonds. The molecular weight excluding hydrogens is 494 g/mol. The highest BCUT2D eigenvalue weighted by molar-refractivity contribution is 5.84. The molecule has 9 unspecified atom stereocenters. The molecule has 4 saturated carbocycles. The number of nitrogens with one attached hydrogen (secondary N) is 1. The largest absolute Gasteiger partial charge is 0.447 e. The first-order valence-corrected chi connectivity index (χ1v) is 16.8. The van der Waals surface area contributed by atoms with Gasteiger partial charge in [0.2, 0.25) is 0 Å². The molecule has 5 rings (SSSR count). The van der Waals surface area contributed by atoms with Crippen molar-refractivity contribution in [1.82, 2.24) is 0 Å². The molecule has 4 aliphatic rings. The molecule has 0 aliphatic heterocycles. The Morgan fingerprint density at radius 2 is 1.65 bits per heavy atom. The minimum atomic E-state index is -0.409. The zero-order valence-electron chi connectivity index (χ0n) is 26.1. The van der Waals surface area contributed by atoms with Gasteiger partial charge >= 0.3 is 6.09 Å². The summed E-state index contributed by atoms with van der Waals surface area (Å²) >= 11 is 0. The van der Waals surface area contributed by atoms with E-state index >= 15 is 0 Å². The third-order valence-corrected chi connectivity index (χ3v) is 12.5. The van der Waals surface area contributed by atoms with Crippen molar-refractivity contribution in [3.05, 3.63) is 30.3 Å². The summed E-state index contributed by atoms with van der Waals surface area (Å²) in [6.07, 6.45) is 16.5. The zero-order valence-corrected chi connectivity index (χ0v) is 26.1. The van der Waals surface area contributed by atoms with E-state index in [0.29, 0.717) is 30.1 Å². The minimum Gasteiger partial charge on any atom is -0.447 e. The van der Waals surface area contributed by atoms with Gasteiger partial charge in [0.15, 0.2) is 0 Å². The van der Waals surface area contributed by atoms with Gasteiger partial charge in [-0.05, 0) is 122 Å². The maximum absolute atomic E-state index is 12.1. The standard InChI is InChI=1S/C36H57NO3/c1-25(2)10-9-11-26(3)31-16-17-32-30-15-14-27-24-29(18-20-35(27,4)33(30)19-21-36(31,32)5)39-22-23-40-34(38)37-28-12-7-6-8-13-28/h6-8,12-13,25-27,29-33H,9-11,14-24H2,1-5H3,(H,37,38). The third-order valence-electron chi connectivity index (χ3n) is 12.5. The highest BCUT2D eigenvalue weighted by Gasteiger charge is 2.60. The fourth-order valence-corrected chi connectivity index (χ4v) is 10.4. The van der Waals surface area contributed by atoms with E-state index in [0.717, 1.165) is 53.5 Å². The van der Waals surface area contributed by atoms with Gasteiger partial charge in [0.25, 0.3) is 0 Å². The lowest BCUT2D eigenvalue weighted by atomic mass is 9.44. The molecule has 4 nitrogen and oxygen atoms in total. The highest BCUT2D eigenvalue weighted by atomic mass is 16.6. The molecule has 4 heteroatoms. The SMILES string of the molecule is CC(C)CCCC(C)C1CCC2C3CCC4CC(OCCOC(=O)Nc5ccccc5)CCC4(C)C3CCC12C. The minimum absolute atomic E-state index is 0.305. The average Bonchev–Trinajstić information content (AvgIpc) is 3.29. The average molecular weight is 552 g/mol. The van der Waals surface area contributed by atoms with E-state index in [1.165, 1.54) is 70.6 Å². The summed E-state index contributed by atoms with van der Waals surface area (Å²) in [5.74, 6) is 6.26. The highest BCUT2D eigenvalue weighted by Crippen LogP contribution is 2.68. The molecule has 40 heavy (non-hydrogen) atoms.